The van der Waals surface area contributed by atoms with E-state index in [2.05, 4.69) is 28.2 Å². The fourth-order valence-electron chi connectivity index (χ4n) is 2.93. The average molecular weight is 427 g/mol. The highest BCUT2D eigenvalue weighted by Gasteiger charge is 2.16. The lowest BCUT2D eigenvalue weighted by Crippen LogP contribution is -2.28. The van der Waals surface area contributed by atoms with Crippen LogP contribution in [0.25, 0.3) is 11.4 Å². The van der Waals surface area contributed by atoms with Crippen LogP contribution in [0, 0.1) is 6.92 Å². The maximum atomic E-state index is 12.4. The molecule has 0 aliphatic heterocycles. The predicted molar refractivity (Wildman–Crippen MR) is 119 cm³/mol. The Morgan fingerprint density at radius 2 is 2.03 bits per heavy atom. The molecule has 29 heavy (non-hydrogen) atoms. The first-order chi connectivity index (χ1) is 14.0. The van der Waals surface area contributed by atoms with Gasteiger partial charge in [0.15, 0.2) is 11.0 Å². The predicted octanol–water partition coefficient (Wildman–Crippen LogP) is 5.06. The maximum absolute atomic E-state index is 12.4. The highest BCUT2D eigenvalue weighted by molar-refractivity contribution is 7.99. The van der Waals surface area contributed by atoms with Crippen LogP contribution in [0.15, 0.2) is 66.3 Å². The second kappa shape index (κ2) is 9.76. The fraction of sp³-hybridized carbons (Fsp3) is 0.227. The molecule has 5 nitrogen and oxygen atoms in total. The Balaban J connectivity index is 1.67. The van der Waals surface area contributed by atoms with E-state index in [0.717, 1.165) is 22.5 Å². The summed E-state index contributed by atoms with van der Waals surface area (Å²) >= 11 is 7.28. The first kappa shape index (κ1) is 21.1. The number of allylic oxidation sites excluding steroid dienone is 1. The second-order valence-corrected chi connectivity index (χ2v) is 8.08. The highest BCUT2D eigenvalue weighted by Crippen LogP contribution is 2.25. The van der Waals surface area contributed by atoms with Gasteiger partial charge in [-0.3, -0.25) is 9.36 Å². The topological polar surface area (TPSA) is 59.8 Å². The van der Waals surface area contributed by atoms with E-state index in [-0.39, 0.29) is 17.7 Å². The Labute approximate surface area is 180 Å². The molecule has 0 radical (unpaired) electrons. The number of carbonyl (C=O) groups is 1. The van der Waals surface area contributed by atoms with Crippen molar-refractivity contribution in [2.24, 2.45) is 0 Å². The van der Waals surface area contributed by atoms with E-state index in [1.54, 1.807) is 6.08 Å². The minimum atomic E-state index is -0.103. The summed E-state index contributed by atoms with van der Waals surface area (Å²) in [6.45, 7) is 8.39. The molecule has 0 saturated heterocycles. The molecule has 1 heterocycles. The lowest BCUT2D eigenvalue weighted by Gasteiger charge is -2.14. The molecule has 1 amide bonds. The Hall–Kier alpha value is -2.57. The van der Waals surface area contributed by atoms with E-state index in [1.807, 2.05) is 60.9 Å². The Morgan fingerprint density at radius 3 is 2.72 bits per heavy atom. The average Bonchev–Trinajstić information content (AvgIpc) is 3.10. The fourth-order valence-corrected chi connectivity index (χ4v) is 3.82. The van der Waals surface area contributed by atoms with Gasteiger partial charge in [0, 0.05) is 17.1 Å². The summed E-state index contributed by atoms with van der Waals surface area (Å²) in [4.78, 5) is 12.4. The number of nitrogens with one attached hydrogen (secondary N) is 1. The zero-order chi connectivity index (χ0) is 20.8. The van der Waals surface area contributed by atoms with E-state index in [9.17, 15) is 4.79 Å². The molecular weight excluding hydrogens is 404 g/mol. The van der Waals surface area contributed by atoms with Crippen LogP contribution < -0.4 is 5.32 Å². The van der Waals surface area contributed by atoms with E-state index < -0.39 is 0 Å². The molecule has 0 aliphatic carbocycles. The van der Waals surface area contributed by atoms with Crippen LogP contribution in [-0.4, -0.2) is 26.4 Å². The van der Waals surface area contributed by atoms with Crippen LogP contribution >= 0.6 is 23.4 Å². The zero-order valence-electron chi connectivity index (χ0n) is 16.4. The first-order valence-corrected chi connectivity index (χ1v) is 10.6. The van der Waals surface area contributed by atoms with Crippen molar-refractivity contribution in [2.75, 3.05) is 5.75 Å². The largest absolute Gasteiger partial charge is 0.349 e. The molecule has 3 aromatic rings. The van der Waals surface area contributed by atoms with Crippen LogP contribution in [0.4, 0.5) is 0 Å². The third kappa shape index (κ3) is 5.49. The summed E-state index contributed by atoms with van der Waals surface area (Å²) in [5, 5.41) is 13.0. The number of aryl methyl sites for hydroxylation is 1. The molecule has 0 spiro atoms. The number of hydrogen-bond donors (Lipinski definition) is 1. The van der Waals surface area contributed by atoms with Gasteiger partial charge in [0.25, 0.3) is 0 Å². The van der Waals surface area contributed by atoms with Crippen LogP contribution in [0.2, 0.25) is 5.02 Å². The molecule has 1 aromatic heterocycles. The van der Waals surface area contributed by atoms with Crippen molar-refractivity contribution in [1.82, 2.24) is 20.1 Å². The summed E-state index contributed by atoms with van der Waals surface area (Å²) in [7, 11) is 0. The molecule has 1 unspecified atom stereocenters. The van der Waals surface area contributed by atoms with Crippen LogP contribution in [0.1, 0.15) is 24.1 Å². The van der Waals surface area contributed by atoms with Gasteiger partial charge in [0.1, 0.15) is 0 Å². The van der Waals surface area contributed by atoms with Crippen molar-refractivity contribution in [3.8, 4) is 11.4 Å². The monoisotopic (exact) mass is 426 g/mol. The van der Waals surface area contributed by atoms with Crippen molar-refractivity contribution < 1.29 is 4.79 Å². The highest BCUT2D eigenvalue weighted by atomic mass is 35.5. The molecule has 3 rings (SSSR count). The normalized spacial score (nSPS) is 11.8. The Bertz CT molecular complexity index is 1000. The number of benzene rings is 2. The number of nitrogens with zero attached hydrogens (tertiary/aromatic N) is 3. The number of halogens is 1. The number of amides is 1. The van der Waals surface area contributed by atoms with E-state index >= 15 is 0 Å². The molecule has 0 fully saturated rings. The van der Waals surface area contributed by atoms with Gasteiger partial charge in [-0.15, -0.1) is 16.8 Å². The maximum Gasteiger partial charge on any atom is 0.230 e. The van der Waals surface area contributed by atoms with Crippen molar-refractivity contribution >= 4 is 29.3 Å². The van der Waals surface area contributed by atoms with Gasteiger partial charge in [-0.25, -0.2) is 0 Å². The van der Waals surface area contributed by atoms with Gasteiger partial charge in [0.2, 0.25) is 5.91 Å². The SMILES string of the molecule is C=CCn1c(SCC(=O)NC(C)c2ccc(Cl)cc2)nnc1-c1cccc(C)c1. The van der Waals surface area contributed by atoms with Gasteiger partial charge in [-0.2, -0.15) is 0 Å². The number of aromatic nitrogens is 3. The van der Waals surface area contributed by atoms with E-state index in [0.29, 0.717) is 16.7 Å². The van der Waals surface area contributed by atoms with Gasteiger partial charge < -0.3 is 5.32 Å². The molecule has 0 saturated carbocycles. The number of thioether (sulfide) groups is 1. The Kier molecular flexibility index (Phi) is 7.12. The van der Waals surface area contributed by atoms with Crippen LogP contribution in [0.3, 0.4) is 0 Å². The van der Waals surface area contributed by atoms with Gasteiger partial charge >= 0.3 is 0 Å². The van der Waals surface area contributed by atoms with Gasteiger partial charge in [-0.1, -0.05) is 65.3 Å². The molecule has 1 N–H and O–H groups in total. The zero-order valence-corrected chi connectivity index (χ0v) is 18.0. The smallest absolute Gasteiger partial charge is 0.230 e. The summed E-state index contributed by atoms with van der Waals surface area (Å²) < 4.78 is 1.97. The third-order valence-electron chi connectivity index (χ3n) is 4.38. The van der Waals surface area contributed by atoms with E-state index in [4.69, 9.17) is 11.6 Å². The van der Waals surface area contributed by atoms with Gasteiger partial charge in [0.05, 0.1) is 11.8 Å². The molecule has 2 aromatic carbocycles. The summed E-state index contributed by atoms with van der Waals surface area (Å²) in [6, 6.07) is 15.5. The minimum Gasteiger partial charge on any atom is -0.349 e. The number of carbonyl (C=O) groups excluding carboxylic acids is 1. The van der Waals surface area contributed by atoms with Crippen molar-refractivity contribution in [3.63, 3.8) is 0 Å². The molecular formula is C22H23ClN4OS. The number of rotatable bonds is 8. The van der Waals surface area contributed by atoms with Crippen molar-refractivity contribution in [3.05, 3.63) is 77.3 Å². The molecule has 0 aliphatic rings. The molecule has 1 atom stereocenters. The molecule has 0 bridgehead atoms. The van der Waals surface area contributed by atoms with Crippen LogP contribution in [0.5, 0.6) is 0 Å². The standard InChI is InChI=1S/C22H23ClN4OS/c1-4-12-27-21(18-7-5-6-15(2)13-18)25-26-22(27)29-14-20(28)24-16(3)17-8-10-19(23)11-9-17/h4-11,13,16H,1,12,14H2,2-3H3,(H,24,28). The lowest BCUT2D eigenvalue weighted by atomic mass is 10.1. The lowest BCUT2D eigenvalue weighted by molar-refractivity contribution is -0.119. The quantitative estimate of drug-likeness (QED) is 0.404. The molecule has 7 heteroatoms. The minimum absolute atomic E-state index is 0.0669. The second-order valence-electron chi connectivity index (χ2n) is 6.70. The first-order valence-electron chi connectivity index (χ1n) is 9.26. The Morgan fingerprint density at radius 1 is 1.28 bits per heavy atom. The number of hydrogen-bond acceptors (Lipinski definition) is 4. The third-order valence-corrected chi connectivity index (χ3v) is 5.60. The van der Waals surface area contributed by atoms with E-state index in [1.165, 1.54) is 11.8 Å². The van der Waals surface area contributed by atoms with Gasteiger partial charge in [-0.05, 0) is 37.6 Å². The summed E-state index contributed by atoms with van der Waals surface area (Å²) in [6.07, 6.45) is 1.80. The van der Waals surface area contributed by atoms with Crippen molar-refractivity contribution in [1.29, 1.82) is 0 Å². The van der Waals surface area contributed by atoms with Crippen LogP contribution in [-0.2, 0) is 11.3 Å². The molecule has 150 valence electrons. The summed E-state index contributed by atoms with van der Waals surface area (Å²) in [5.74, 6) is 0.954. The van der Waals surface area contributed by atoms with Crippen molar-refractivity contribution in [2.45, 2.75) is 31.6 Å². The summed E-state index contributed by atoms with van der Waals surface area (Å²) in [5.41, 5.74) is 3.15.